The van der Waals surface area contributed by atoms with E-state index in [2.05, 4.69) is 11.7 Å². The fourth-order valence-corrected chi connectivity index (χ4v) is 0.329. The van der Waals surface area contributed by atoms with Crippen LogP contribution in [0.5, 0.6) is 0 Å². The predicted octanol–water partition coefficient (Wildman–Crippen LogP) is 1.26. The van der Waals surface area contributed by atoms with Crippen molar-refractivity contribution in [1.29, 1.82) is 0 Å². The number of amidine groups is 1. The third kappa shape index (κ3) is 5.15. The van der Waals surface area contributed by atoms with E-state index in [0.717, 1.165) is 12.8 Å². The summed E-state index contributed by atoms with van der Waals surface area (Å²) in [5, 5.41) is 3.63. The predicted molar refractivity (Wildman–Crippen MR) is 42.7 cm³/mol. The minimum absolute atomic E-state index is 0.532. The number of hydrogen-bond donors (Lipinski definition) is 1. The van der Waals surface area contributed by atoms with Gasteiger partial charge in [-0.25, -0.2) is 0 Å². The van der Waals surface area contributed by atoms with Gasteiger partial charge in [0.05, 0.1) is 0 Å². The van der Waals surface area contributed by atoms with Crippen molar-refractivity contribution < 1.29 is 4.84 Å². The Morgan fingerprint density at radius 2 is 2.50 bits per heavy atom. The van der Waals surface area contributed by atoms with Gasteiger partial charge in [-0.2, -0.15) is 0 Å². The van der Waals surface area contributed by atoms with E-state index in [1.54, 1.807) is 6.08 Å². The summed E-state index contributed by atoms with van der Waals surface area (Å²) in [4.78, 5) is 4.82. The maximum absolute atomic E-state index is 5.35. The molecule has 3 nitrogen and oxygen atoms in total. The van der Waals surface area contributed by atoms with E-state index >= 15 is 0 Å². The molecule has 0 rings (SSSR count). The Labute approximate surface area is 61.5 Å². The zero-order valence-corrected chi connectivity index (χ0v) is 6.34. The van der Waals surface area contributed by atoms with Crippen LogP contribution >= 0.6 is 0 Å². The summed E-state index contributed by atoms with van der Waals surface area (Å²) < 4.78 is 0. The SMILES string of the molecule is C=CCCO/N=C(\N)CC. The molecule has 0 atom stereocenters. The quantitative estimate of drug-likeness (QED) is 0.206. The van der Waals surface area contributed by atoms with Crippen LogP contribution in [0.25, 0.3) is 0 Å². The molecular formula is C7H14N2O. The second-order valence-corrected chi connectivity index (χ2v) is 1.85. The summed E-state index contributed by atoms with van der Waals surface area (Å²) >= 11 is 0. The lowest BCUT2D eigenvalue weighted by Crippen LogP contribution is -2.10. The first kappa shape index (κ1) is 9.01. The van der Waals surface area contributed by atoms with Crippen LogP contribution in [0.1, 0.15) is 19.8 Å². The van der Waals surface area contributed by atoms with Crippen molar-refractivity contribution >= 4 is 5.84 Å². The zero-order valence-electron chi connectivity index (χ0n) is 6.34. The van der Waals surface area contributed by atoms with Gasteiger partial charge in [0.15, 0.2) is 0 Å². The fourth-order valence-electron chi connectivity index (χ4n) is 0.329. The van der Waals surface area contributed by atoms with E-state index in [1.807, 2.05) is 6.92 Å². The van der Waals surface area contributed by atoms with Crippen molar-refractivity contribution in [2.24, 2.45) is 10.9 Å². The molecule has 0 aliphatic carbocycles. The van der Waals surface area contributed by atoms with E-state index in [9.17, 15) is 0 Å². The van der Waals surface area contributed by atoms with Crippen LogP contribution in [0.2, 0.25) is 0 Å². The Balaban J connectivity index is 3.24. The van der Waals surface area contributed by atoms with E-state index < -0.39 is 0 Å². The lowest BCUT2D eigenvalue weighted by molar-refractivity contribution is 0.148. The fraction of sp³-hybridized carbons (Fsp3) is 0.571. The third-order valence-electron chi connectivity index (χ3n) is 0.957. The Kier molecular flexibility index (Phi) is 5.53. The molecule has 0 saturated carbocycles. The van der Waals surface area contributed by atoms with Crippen molar-refractivity contribution in [2.75, 3.05) is 6.61 Å². The highest BCUT2D eigenvalue weighted by Gasteiger charge is 1.84. The van der Waals surface area contributed by atoms with Crippen molar-refractivity contribution in [2.45, 2.75) is 19.8 Å². The van der Waals surface area contributed by atoms with Crippen molar-refractivity contribution in [3.63, 3.8) is 0 Å². The molecule has 0 aromatic carbocycles. The average Bonchev–Trinajstić information content (AvgIpc) is 1.98. The maximum atomic E-state index is 5.35. The van der Waals surface area contributed by atoms with Gasteiger partial charge in [-0.05, 0) is 0 Å². The monoisotopic (exact) mass is 142 g/mol. The molecule has 0 aromatic heterocycles. The van der Waals surface area contributed by atoms with Gasteiger partial charge in [0.25, 0.3) is 0 Å². The van der Waals surface area contributed by atoms with Gasteiger partial charge in [-0.15, -0.1) is 6.58 Å². The van der Waals surface area contributed by atoms with E-state index in [0.29, 0.717) is 12.4 Å². The molecule has 0 aromatic rings. The lowest BCUT2D eigenvalue weighted by Gasteiger charge is -1.96. The standard InChI is InChI=1S/C7H14N2O/c1-3-5-6-10-9-7(8)4-2/h3H,1,4-6H2,2H3,(H2,8,9). The molecule has 0 radical (unpaired) electrons. The highest BCUT2D eigenvalue weighted by molar-refractivity contribution is 5.79. The number of oxime groups is 1. The summed E-state index contributed by atoms with van der Waals surface area (Å²) in [6.07, 6.45) is 3.31. The third-order valence-corrected chi connectivity index (χ3v) is 0.957. The van der Waals surface area contributed by atoms with Gasteiger partial charge in [-0.3, -0.25) is 0 Å². The normalized spacial score (nSPS) is 11.1. The van der Waals surface area contributed by atoms with E-state index in [1.165, 1.54) is 0 Å². The Morgan fingerprint density at radius 3 is 3.00 bits per heavy atom. The molecule has 0 amide bonds. The first-order valence-corrected chi connectivity index (χ1v) is 3.36. The van der Waals surface area contributed by atoms with Crippen LogP contribution in [0.15, 0.2) is 17.8 Å². The van der Waals surface area contributed by atoms with Gasteiger partial charge in [0, 0.05) is 12.8 Å². The van der Waals surface area contributed by atoms with Crippen LogP contribution in [-0.2, 0) is 4.84 Å². The summed E-state index contributed by atoms with van der Waals surface area (Å²) in [6.45, 7) is 6.02. The molecule has 0 unspecified atom stereocenters. The van der Waals surface area contributed by atoms with Gasteiger partial charge in [0.1, 0.15) is 12.4 Å². The number of nitrogens with two attached hydrogens (primary N) is 1. The molecular weight excluding hydrogens is 128 g/mol. The second-order valence-electron chi connectivity index (χ2n) is 1.85. The Morgan fingerprint density at radius 1 is 1.80 bits per heavy atom. The molecule has 2 N–H and O–H groups in total. The Hall–Kier alpha value is -0.990. The molecule has 0 fully saturated rings. The number of hydrogen-bond acceptors (Lipinski definition) is 2. The minimum Gasteiger partial charge on any atom is -0.394 e. The van der Waals surface area contributed by atoms with Crippen LogP contribution in [0.3, 0.4) is 0 Å². The summed E-state index contributed by atoms with van der Waals surface area (Å²) in [6, 6.07) is 0. The highest BCUT2D eigenvalue weighted by atomic mass is 16.6. The van der Waals surface area contributed by atoms with Gasteiger partial charge in [0.2, 0.25) is 0 Å². The minimum atomic E-state index is 0.532. The number of rotatable bonds is 5. The first-order chi connectivity index (χ1) is 4.81. The van der Waals surface area contributed by atoms with Gasteiger partial charge in [-0.1, -0.05) is 18.2 Å². The van der Waals surface area contributed by atoms with Crippen molar-refractivity contribution in [3.05, 3.63) is 12.7 Å². The van der Waals surface area contributed by atoms with Crippen LogP contribution in [0, 0.1) is 0 Å². The molecule has 0 heterocycles. The number of nitrogens with zero attached hydrogens (tertiary/aromatic N) is 1. The maximum Gasteiger partial charge on any atom is 0.139 e. The zero-order chi connectivity index (χ0) is 7.82. The molecule has 58 valence electrons. The van der Waals surface area contributed by atoms with Crippen LogP contribution < -0.4 is 5.73 Å². The average molecular weight is 142 g/mol. The smallest absolute Gasteiger partial charge is 0.139 e. The molecule has 0 saturated heterocycles. The van der Waals surface area contributed by atoms with Gasteiger partial charge < -0.3 is 10.6 Å². The topological polar surface area (TPSA) is 47.6 Å². The van der Waals surface area contributed by atoms with Crippen molar-refractivity contribution in [1.82, 2.24) is 0 Å². The first-order valence-electron chi connectivity index (χ1n) is 3.36. The Bertz CT molecular complexity index is 121. The molecule has 3 heteroatoms. The largest absolute Gasteiger partial charge is 0.394 e. The lowest BCUT2D eigenvalue weighted by atomic mass is 10.5. The van der Waals surface area contributed by atoms with E-state index in [4.69, 9.17) is 10.6 Å². The summed E-state index contributed by atoms with van der Waals surface area (Å²) in [5.74, 6) is 0.532. The van der Waals surface area contributed by atoms with Crippen molar-refractivity contribution in [3.8, 4) is 0 Å². The van der Waals surface area contributed by atoms with Crippen LogP contribution in [-0.4, -0.2) is 12.4 Å². The second kappa shape index (κ2) is 6.13. The van der Waals surface area contributed by atoms with Gasteiger partial charge >= 0.3 is 0 Å². The summed E-state index contributed by atoms with van der Waals surface area (Å²) in [7, 11) is 0. The van der Waals surface area contributed by atoms with Crippen LogP contribution in [0.4, 0.5) is 0 Å². The molecule has 0 aliphatic heterocycles. The molecule has 0 spiro atoms. The molecule has 0 aliphatic rings. The molecule has 0 bridgehead atoms. The van der Waals surface area contributed by atoms with E-state index in [-0.39, 0.29) is 0 Å². The summed E-state index contributed by atoms with van der Waals surface area (Å²) in [5.41, 5.74) is 5.35. The molecule has 10 heavy (non-hydrogen) atoms. The highest BCUT2D eigenvalue weighted by Crippen LogP contribution is 1.85.